The van der Waals surface area contributed by atoms with Crippen molar-refractivity contribution in [3.8, 4) is 5.75 Å². The van der Waals surface area contributed by atoms with Gasteiger partial charge < -0.3 is 29.6 Å². The highest BCUT2D eigenvalue weighted by molar-refractivity contribution is 6.24. The Morgan fingerprint density at radius 1 is 0.949 bits per heavy atom. The van der Waals surface area contributed by atoms with Crippen LogP contribution >= 0.6 is 0 Å². The summed E-state index contributed by atoms with van der Waals surface area (Å²) < 4.78 is 22.2. The summed E-state index contributed by atoms with van der Waals surface area (Å²) >= 11 is 0. The fourth-order valence-corrected chi connectivity index (χ4v) is 4.62. The van der Waals surface area contributed by atoms with E-state index in [0.29, 0.717) is 32.5 Å². The Labute approximate surface area is 225 Å². The van der Waals surface area contributed by atoms with Gasteiger partial charge in [-0.3, -0.25) is 34.2 Å². The second-order valence-corrected chi connectivity index (χ2v) is 9.31. The van der Waals surface area contributed by atoms with Crippen molar-refractivity contribution in [1.82, 2.24) is 20.9 Å². The average molecular weight is 547 g/mol. The largest absolute Gasteiger partial charge is 0.483 e. The zero-order valence-corrected chi connectivity index (χ0v) is 21.7. The quantitative estimate of drug-likeness (QED) is 0.203. The normalized spacial score (nSPS) is 19.7. The molecule has 4 rings (SSSR count). The maximum absolute atomic E-state index is 13.1. The van der Waals surface area contributed by atoms with Crippen LogP contribution in [0.4, 0.5) is 0 Å². The van der Waals surface area contributed by atoms with Crippen LogP contribution < -0.4 is 20.7 Å². The van der Waals surface area contributed by atoms with Crippen LogP contribution in [0.5, 0.6) is 5.75 Å². The number of hydrogen-bond acceptors (Lipinski definition) is 10. The molecule has 1 atom stereocenters. The molecule has 3 aliphatic heterocycles. The zero-order chi connectivity index (χ0) is 27.6. The molecule has 0 bridgehead atoms. The maximum atomic E-state index is 13.1. The van der Waals surface area contributed by atoms with Crippen LogP contribution in [0.2, 0.25) is 0 Å². The minimum Gasteiger partial charge on any atom is -0.483 e. The SMILES string of the molecule is O=C(COc1cccc2c1C(=O)N(C1CCC(=O)NC1=O)C2=O)NCCOCCOCCOC1CCNCC1. The number of hydrogen-bond donors (Lipinski definition) is 3. The summed E-state index contributed by atoms with van der Waals surface area (Å²) in [6.07, 6.45) is 2.42. The molecule has 3 heterocycles. The van der Waals surface area contributed by atoms with Crippen LogP contribution in [-0.2, 0) is 28.6 Å². The van der Waals surface area contributed by atoms with E-state index in [1.54, 1.807) is 0 Å². The van der Waals surface area contributed by atoms with E-state index in [0.717, 1.165) is 30.8 Å². The predicted molar refractivity (Wildman–Crippen MR) is 135 cm³/mol. The number of piperidine rings is 2. The standard InChI is InChI=1S/C26H34N4O9/c31-21-5-4-19(24(33)29-21)30-25(34)18-2-1-3-20(23(18)26(30)35)39-16-22(32)28-10-11-36-12-13-37-14-15-38-17-6-8-27-9-7-17/h1-3,17,19,27H,4-16H2,(H,28,32)(H,29,31,33). The van der Waals surface area contributed by atoms with Crippen LogP contribution in [0.3, 0.4) is 0 Å². The van der Waals surface area contributed by atoms with Gasteiger partial charge in [0.2, 0.25) is 11.8 Å². The number of carbonyl (C=O) groups excluding carboxylic acids is 5. The number of rotatable bonds is 14. The molecule has 1 unspecified atom stereocenters. The van der Waals surface area contributed by atoms with Crippen molar-refractivity contribution in [2.24, 2.45) is 0 Å². The first-order valence-corrected chi connectivity index (χ1v) is 13.2. The molecule has 212 valence electrons. The molecule has 0 spiro atoms. The first-order chi connectivity index (χ1) is 19.0. The predicted octanol–water partition coefficient (Wildman–Crippen LogP) is -0.615. The monoisotopic (exact) mass is 546 g/mol. The average Bonchev–Trinajstić information content (AvgIpc) is 3.19. The summed E-state index contributed by atoms with van der Waals surface area (Å²) in [6, 6.07) is 3.38. The van der Waals surface area contributed by atoms with Crippen LogP contribution in [0.15, 0.2) is 18.2 Å². The van der Waals surface area contributed by atoms with Gasteiger partial charge in [0.05, 0.1) is 50.3 Å². The lowest BCUT2D eigenvalue weighted by Gasteiger charge is -2.27. The molecule has 3 aliphatic rings. The van der Waals surface area contributed by atoms with Crippen LogP contribution in [0.25, 0.3) is 0 Å². The van der Waals surface area contributed by atoms with Gasteiger partial charge in [-0.25, -0.2) is 0 Å². The Kier molecular flexibility index (Phi) is 10.4. The van der Waals surface area contributed by atoms with E-state index in [4.69, 9.17) is 18.9 Å². The third-order valence-corrected chi connectivity index (χ3v) is 6.60. The van der Waals surface area contributed by atoms with E-state index < -0.39 is 35.6 Å². The molecule has 0 aromatic heterocycles. The molecule has 2 fully saturated rings. The van der Waals surface area contributed by atoms with Gasteiger partial charge in [-0.2, -0.15) is 0 Å². The molecule has 5 amide bonds. The van der Waals surface area contributed by atoms with Crippen LogP contribution in [-0.4, -0.2) is 106 Å². The van der Waals surface area contributed by atoms with Crippen molar-refractivity contribution >= 4 is 29.5 Å². The van der Waals surface area contributed by atoms with E-state index in [1.807, 2.05) is 0 Å². The highest BCUT2D eigenvalue weighted by Crippen LogP contribution is 2.33. The van der Waals surface area contributed by atoms with Crippen molar-refractivity contribution in [2.75, 3.05) is 59.3 Å². The van der Waals surface area contributed by atoms with Gasteiger partial charge in [-0.15, -0.1) is 0 Å². The Balaban J connectivity index is 1.12. The summed E-state index contributed by atoms with van der Waals surface area (Å²) in [5.41, 5.74) is 0.0700. The number of nitrogens with one attached hydrogen (secondary N) is 3. The summed E-state index contributed by atoms with van der Waals surface area (Å²) in [6.45, 7) is 4.01. The highest BCUT2D eigenvalue weighted by Gasteiger charge is 2.46. The first kappa shape index (κ1) is 28.6. The Morgan fingerprint density at radius 3 is 2.46 bits per heavy atom. The minimum atomic E-state index is -1.08. The highest BCUT2D eigenvalue weighted by atomic mass is 16.5. The van der Waals surface area contributed by atoms with Gasteiger partial charge in [-0.05, 0) is 44.5 Å². The van der Waals surface area contributed by atoms with Crippen LogP contribution in [0.1, 0.15) is 46.4 Å². The maximum Gasteiger partial charge on any atom is 0.266 e. The number of nitrogens with zero attached hydrogens (tertiary/aromatic N) is 1. The fourth-order valence-electron chi connectivity index (χ4n) is 4.62. The minimum absolute atomic E-state index is 0.00974. The van der Waals surface area contributed by atoms with Crippen LogP contribution in [0, 0.1) is 0 Å². The lowest BCUT2D eigenvalue weighted by atomic mass is 10.0. The third-order valence-electron chi connectivity index (χ3n) is 6.60. The molecular formula is C26H34N4O9. The van der Waals surface area contributed by atoms with Crippen molar-refractivity contribution in [3.05, 3.63) is 29.3 Å². The summed E-state index contributed by atoms with van der Waals surface area (Å²) in [5.74, 6) is -2.86. The van der Waals surface area contributed by atoms with Gasteiger partial charge >= 0.3 is 0 Å². The second kappa shape index (κ2) is 14.1. The second-order valence-electron chi connectivity index (χ2n) is 9.31. The number of ether oxygens (including phenoxy) is 4. The van der Waals surface area contributed by atoms with Crippen molar-refractivity contribution in [2.45, 2.75) is 37.8 Å². The molecule has 2 saturated heterocycles. The van der Waals surface area contributed by atoms with Gasteiger partial charge in [0, 0.05) is 13.0 Å². The van der Waals surface area contributed by atoms with Gasteiger partial charge in [0.25, 0.3) is 17.7 Å². The summed E-state index contributed by atoms with van der Waals surface area (Å²) in [4.78, 5) is 62.6. The molecule has 3 N–H and O–H groups in total. The molecule has 39 heavy (non-hydrogen) atoms. The van der Waals surface area contributed by atoms with Crippen molar-refractivity contribution in [3.63, 3.8) is 0 Å². The number of benzene rings is 1. The molecule has 0 radical (unpaired) electrons. The van der Waals surface area contributed by atoms with Gasteiger partial charge in [-0.1, -0.05) is 6.07 Å². The van der Waals surface area contributed by atoms with E-state index in [9.17, 15) is 24.0 Å². The molecule has 1 aromatic rings. The Morgan fingerprint density at radius 2 is 1.69 bits per heavy atom. The lowest BCUT2D eigenvalue weighted by Crippen LogP contribution is -2.54. The van der Waals surface area contributed by atoms with E-state index >= 15 is 0 Å². The fraction of sp³-hybridized carbons (Fsp3) is 0.577. The van der Waals surface area contributed by atoms with Crippen molar-refractivity contribution in [1.29, 1.82) is 0 Å². The number of amides is 5. The number of carbonyl (C=O) groups is 5. The lowest BCUT2D eigenvalue weighted by molar-refractivity contribution is -0.136. The molecular weight excluding hydrogens is 512 g/mol. The smallest absolute Gasteiger partial charge is 0.266 e. The van der Waals surface area contributed by atoms with Crippen molar-refractivity contribution < 1.29 is 42.9 Å². The zero-order valence-electron chi connectivity index (χ0n) is 21.7. The summed E-state index contributed by atoms with van der Waals surface area (Å²) in [5, 5.41) is 8.10. The van der Waals surface area contributed by atoms with E-state index in [2.05, 4.69) is 16.0 Å². The van der Waals surface area contributed by atoms with Gasteiger partial charge in [0.1, 0.15) is 11.8 Å². The molecule has 0 saturated carbocycles. The Bertz CT molecular complexity index is 1070. The number of imide groups is 2. The Hall–Kier alpha value is -3.39. The van der Waals surface area contributed by atoms with Gasteiger partial charge in [0.15, 0.2) is 6.61 Å². The molecule has 1 aromatic carbocycles. The number of fused-ring (bicyclic) bond motifs is 1. The molecule has 13 heteroatoms. The van der Waals surface area contributed by atoms with E-state index in [-0.39, 0.29) is 49.5 Å². The third kappa shape index (κ3) is 7.60. The summed E-state index contributed by atoms with van der Waals surface area (Å²) in [7, 11) is 0. The first-order valence-electron chi connectivity index (χ1n) is 13.2. The van der Waals surface area contributed by atoms with E-state index in [1.165, 1.54) is 18.2 Å². The molecule has 13 nitrogen and oxygen atoms in total. The molecule has 0 aliphatic carbocycles. The topological polar surface area (TPSA) is 162 Å².